The van der Waals surface area contributed by atoms with Gasteiger partial charge in [-0.2, -0.15) is 0 Å². The van der Waals surface area contributed by atoms with E-state index in [9.17, 15) is 4.79 Å². The zero-order valence-electron chi connectivity index (χ0n) is 22.0. The first-order chi connectivity index (χ1) is 15.7. The van der Waals surface area contributed by atoms with Crippen LogP contribution in [0.25, 0.3) is 0 Å². The van der Waals surface area contributed by atoms with Crippen molar-refractivity contribution in [1.29, 1.82) is 0 Å². The van der Waals surface area contributed by atoms with E-state index in [0.29, 0.717) is 25.7 Å². The molecular weight excluding hydrogens is 400 g/mol. The largest absolute Gasteiger partial charge is 0.464 e. The first-order valence-electron chi connectivity index (χ1n) is 14.0. The maximum absolute atomic E-state index is 11.8. The molecule has 0 aliphatic carbocycles. The molecule has 0 spiro atoms. The minimum atomic E-state index is -0.251. The number of methoxy groups -OCH3 is 1. The van der Waals surface area contributed by atoms with Crippen LogP contribution < -0.4 is 0 Å². The van der Waals surface area contributed by atoms with Gasteiger partial charge >= 0.3 is 5.97 Å². The molecule has 4 heteroatoms. The number of esters is 1. The van der Waals surface area contributed by atoms with Gasteiger partial charge in [-0.05, 0) is 12.3 Å². The zero-order chi connectivity index (χ0) is 23.5. The van der Waals surface area contributed by atoms with Crippen LogP contribution in [0.3, 0.4) is 0 Å². The summed E-state index contributed by atoms with van der Waals surface area (Å²) in [5.41, 5.74) is 0. The number of rotatable bonds is 26. The minimum Gasteiger partial charge on any atom is -0.464 e. The van der Waals surface area contributed by atoms with Crippen LogP contribution in [0, 0.1) is 5.92 Å². The Hall–Kier alpha value is -0.610. The summed E-state index contributed by atoms with van der Waals surface area (Å²) in [5.74, 6) is 0.441. The van der Waals surface area contributed by atoms with Crippen molar-refractivity contribution >= 4 is 5.97 Å². The Labute approximate surface area is 200 Å². The van der Waals surface area contributed by atoms with Crippen LogP contribution in [0.5, 0.6) is 0 Å². The number of ether oxygens (including phenoxy) is 3. The van der Waals surface area contributed by atoms with Crippen LogP contribution in [0.2, 0.25) is 0 Å². The molecule has 0 aliphatic heterocycles. The third-order valence-corrected chi connectivity index (χ3v) is 6.37. The SMILES string of the molecule is CCCCCCCCCCC(CCCCCCCCCC)CCOC(=O)COCCOC. The summed E-state index contributed by atoms with van der Waals surface area (Å²) in [6.45, 7) is 6.06. The average Bonchev–Trinajstić information content (AvgIpc) is 2.79. The Morgan fingerprint density at radius 3 is 1.53 bits per heavy atom. The molecule has 0 atom stereocenters. The van der Waals surface area contributed by atoms with Gasteiger partial charge in [0.05, 0.1) is 19.8 Å². The van der Waals surface area contributed by atoms with Gasteiger partial charge in [0.1, 0.15) is 6.61 Å². The van der Waals surface area contributed by atoms with Gasteiger partial charge in [-0.3, -0.25) is 0 Å². The highest BCUT2D eigenvalue weighted by Gasteiger charge is 2.11. The molecule has 0 heterocycles. The van der Waals surface area contributed by atoms with Crippen molar-refractivity contribution in [3.63, 3.8) is 0 Å². The molecule has 0 aliphatic rings. The second-order valence-corrected chi connectivity index (χ2v) is 9.45. The molecule has 0 aromatic rings. The molecule has 0 amide bonds. The summed E-state index contributed by atoms with van der Waals surface area (Å²) in [5, 5.41) is 0. The fourth-order valence-corrected chi connectivity index (χ4v) is 4.25. The molecule has 0 aromatic heterocycles. The molecule has 32 heavy (non-hydrogen) atoms. The van der Waals surface area contributed by atoms with Crippen LogP contribution in [0.4, 0.5) is 0 Å². The summed E-state index contributed by atoms with van der Waals surface area (Å²) in [6, 6.07) is 0. The van der Waals surface area contributed by atoms with E-state index in [0.717, 1.165) is 6.42 Å². The minimum absolute atomic E-state index is 0.0318. The van der Waals surface area contributed by atoms with E-state index >= 15 is 0 Å². The number of hydrogen-bond donors (Lipinski definition) is 0. The number of hydrogen-bond acceptors (Lipinski definition) is 4. The Morgan fingerprint density at radius 2 is 1.06 bits per heavy atom. The summed E-state index contributed by atoms with van der Waals surface area (Å²) in [7, 11) is 1.63. The van der Waals surface area contributed by atoms with E-state index in [2.05, 4.69) is 13.8 Å². The third kappa shape index (κ3) is 24.0. The van der Waals surface area contributed by atoms with Gasteiger partial charge in [0, 0.05) is 7.11 Å². The second kappa shape index (κ2) is 26.6. The quantitative estimate of drug-likeness (QED) is 0.0970. The highest BCUT2D eigenvalue weighted by Crippen LogP contribution is 2.22. The van der Waals surface area contributed by atoms with Crippen LogP contribution in [0.15, 0.2) is 0 Å². The van der Waals surface area contributed by atoms with Crippen molar-refractivity contribution in [2.24, 2.45) is 5.92 Å². The molecule has 0 aromatic carbocycles. The van der Waals surface area contributed by atoms with Crippen LogP contribution >= 0.6 is 0 Å². The fourth-order valence-electron chi connectivity index (χ4n) is 4.25. The van der Waals surface area contributed by atoms with Gasteiger partial charge in [0.2, 0.25) is 0 Å². The number of carbonyl (C=O) groups is 1. The lowest BCUT2D eigenvalue weighted by Gasteiger charge is -2.17. The van der Waals surface area contributed by atoms with Crippen molar-refractivity contribution in [3.05, 3.63) is 0 Å². The van der Waals surface area contributed by atoms with E-state index in [-0.39, 0.29) is 12.6 Å². The molecule has 0 radical (unpaired) electrons. The molecule has 0 bridgehead atoms. The maximum atomic E-state index is 11.8. The van der Waals surface area contributed by atoms with Gasteiger partial charge in [-0.1, -0.05) is 129 Å². The Kier molecular flexibility index (Phi) is 26.1. The highest BCUT2D eigenvalue weighted by molar-refractivity contribution is 5.70. The lowest BCUT2D eigenvalue weighted by molar-refractivity contribution is -0.149. The molecule has 0 fully saturated rings. The summed E-state index contributed by atoms with van der Waals surface area (Å²) in [6.07, 6.45) is 25.5. The van der Waals surface area contributed by atoms with Gasteiger partial charge in [0.25, 0.3) is 0 Å². The summed E-state index contributed by atoms with van der Waals surface area (Å²) in [4.78, 5) is 11.8. The predicted octanol–water partition coefficient (Wildman–Crippen LogP) is 8.26. The molecule has 0 unspecified atom stereocenters. The molecule has 0 rings (SSSR count). The number of unbranched alkanes of at least 4 members (excludes halogenated alkanes) is 14. The smallest absolute Gasteiger partial charge is 0.332 e. The van der Waals surface area contributed by atoms with Gasteiger partial charge in [0.15, 0.2) is 0 Å². The van der Waals surface area contributed by atoms with E-state index in [1.54, 1.807) is 7.11 Å². The van der Waals surface area contributed by atoms with E-state index < -0.39 is 0 Å². The average molecular weight is 457 g/mol. The molecule has 0 N–H and O–H groups in total. The summed E-state index contributed by atoms with van der Waals surface area (Å²) < 4.78 is 15.6. The number of carbonyl (C=O) groups excluding carboxylic acids is 1. The van der Waals surface area contributed by atoms with Crippen molar-refractivity contribution < 1.29 is 19.0 Å². The van der Waals surface area contributed by atoms with Gasteiger partial charge < -0.3 is 14.2 Å². The second-order valence-electron chi connectivity index (χ2n) is 9.45. The van der Waals surface area contributed by atoms with Gasteiger partial charge in [-0.25, -0.2) is 4.79 Å². The first kappa shape index (κ1) is 31.4. The van der Waals surface area contributed by atoms with Crippen molar-refractivity contribution in [3.8, 4) is 0 Å². The van der Waals surface area contributed by atoms with Crippen LogP contribution in [0.1, 0.15) is 136 Å². The van der Waals surface area contributed by atoms with E-state index in [1.165, 1.54) is 116 Å². The van der Waals surface area contributed by atoms with E-state index in [1.807, 2.05) is 0 Å². The van der Waals surface area contributed by atoms with Crippen molar-refractivity contribution in [1.82, 2.24) is 0 Å². The van der Waals surface area contributed by atoms with Crippen LogP contribution in [-0.2, 0) is 19.0 Å². The Bertz CT molecular complexity index is 352. The fraction of sp³-hybridized carbons (Fsp3) is 0.964. The third-order valence-electron chi connectivity index (χ3n) is 6.37. The zero-order valence-corrected chi connectivity index (χ0v) is 22.0. The normalized spacial score (nSPS) is 11.4. The monoisotopic (exact) mass is 456 g/mol. The molecule has 0 saturated heterocycles. The summed E-state index contributed by atoms with van der Waals surface area (Å²) >= 11 is 0. The lowest BCUT2D eigenvalue weighted by atomic mass is 9.91. The molecular formula is C28H56O4. The van der Waals surface area contributed by atoms with Crippen LogP contribution in [-0.4, -0.2) is 39.5 Å². The molecule has 4 nitrogen and oxygen atoms in total. The lowest BCUT2D eigenvalue weighted by Crippen LogP contribution is -2.16. The molecule has 192 valence electrons. The predicted molar refractivity (Wildman–Crippen MR) is 136 cm³/mol. The van der Waals surface area contributed by atoms with E-state index in [4.69, 9.17) is 14.2 Å². The Morgan fingerprint density at radius 1 is 0.594 bits per heavy atom. The van der Waals surface area contributed by atoms with Gasteiger partial charge in [-0.15, -0.1) is 0 Å². The Balaban J connectivity index is 3.98. The maximum Gasteiger partial charge on any atom is 0.332 e. The van der Waals surface area contributed by atoms with Crippen molar-refractivity contribution in [2.75, 3.05) is 33.5 Å². The standard InChI is InChI=1S/C28H56O4/c1-4-6-8-10-12-14-16-18-20-27(21-19-17-15-13-11-9-7-5-2)22-23-32-28(29)26-31-25-24-30-3/h27H,4-26H2,1-3H3. The topological polar surface area (TPSA) is 44.8 Å². The molecule has 0 saturated carbocycles. The highest BCUT2D eigenvalue weighted by atomic mass is 16.6. The van der Waals surface area contributed by atoms with Crippen molar-refractivity contribution in [2.45, 2.75) is 136 Å². The first-order valence-corrected chi connectivity index (χ1v) is 14.0.